The molecule has 0 saturated carbocycles. The van der Waals surface area contributed by atoms with Gasteiger partial charge in [-0.15, -0.1) is 0 Å². The summed E-state index contributed by atoms with van der Waals surface area (Å²) < 4.78 is 5.31. The number of carbonyl (C=O) groups is 1. The molecule has 2 saturated heterocycles. The third kappa shape index (κ3) is 1.91. The van der Waals surface area contributed by atoms with Crippen LogP contribution in [0.4, 0.5) is 0 Å². The second-order valence-corrected chi connectivity index (χ2v) is 4.10. The van der Waals surface area contributed by atoms with Crippen LogP contribution in [-0.4, -0.2) is 49.2 Å². The number of morpholine rings is 1. The van der Waals surface area contributed by atoms with Crippen LogP contribution < -0.4 is 5.32 Å². The molecule has 14 heavy (non-hydrogen) atoms. The zero-order valence-corrected chi connectivity index (χ0v) is 8.66. The average molecular weight is 198 g/mol. The number of ether oxygens (including phenoxy) is 1. The van der Waals surface area contributed by atoms with E-state index in [9.17, 15) is 4.79 Å². The van der Waals surface area contributed by atoms with Gasteiger partial charge in [0.1, 0.15) is 0 Å². The maximum Gasteiger partial charge on any atom is 0.240 e. The van der Waals surface area contributed by atoms with Gasteiger partial charge in [0.15, 0.2) is 0 Å². The number of nitrogens with zero attached hydrogens (tertiary/aromatic N) is 1. The monoisotopic (exact) mass is 198 g/mol. The fourth-order valence-corrected chi connectivity index (χ4v) is 2.15. The maximum atomic E-state index is 12.0. The molecule has 80 valence electrons. The molecule has 0 aromatic carbocycles. The van der Waals surface area contributed by atoms with E-state index < -0.39 is 0 Å². The molecule has 0 aromatic heterocycles. The molecule has 1 amide bonds. The van der Waals surface area contributed by atoms with Gasteiger partial charge in [-0.2, -0.15) is 0 Å². The Hall–Kier alpha value is -0.610. The first-order valence-corrected chi connectivity index (χ1v) is 5.40. The molecule has 4 heteroatoms. The van der Waals surface area contributed by atoms with Crippen molar-refractivity contribution in [2.75, 3.05) is 26.3 Å². The number of rotatable bonds is 1. The van der Waals surface area contributed by atoms with Crippen molar-refractivity contribution in [1.82, 2.24) is 10.2 Å². The van der Waals surface area contributed by atoms with E-state index in [1.165, 1.54) is 0 Å². The number of carbonyl (C=O) groups excluding carboxylic acids is 1. The summed E-state index contributed by atoms with van der Waals surface area (Å²) in [5.74, 6) is 0.262. The molecule has 2 aliphatic rings. The molecule has 2 unspecified atom stereocenters. The topological polar surface area (TPSA) is 41.6 Å². The lowest BCUT2D eigenvalue weighted by Crippen LogP contribution is -2.52. The summed E-state index contributed by atoms with van der Waals surface area (Å²) in [7, 11) is 0. The van der Waals surface area contributed by atoms with Gasteiger partial charge in [-0.3, -0.25) is 4.79 Å². The van der Waals surface area contributed by atoms with Crippen LogP contribution in [0.5, 0.6) is 0 Å². The van der Waals surface area contributed by atoms with E-state index in [2.05, 4.69) is 5.32 Å². The standard InChI is InChI=1S/C10H18N2O2/c1-8-7-14-6-5-12(8)10(13)9-3-2-4-11-9/h8-9,11H,2-7H2,1H3. The van der Waals surface area contributed by atoms with Crippen molar-refractivity contribution in [2.24, 2.45) is 0 Å². The molecule has 0 radical (unpaired) electrons. The Bertz CT molecular complexity index is 214. The summed E-state index contributed by atoms with van der Waals surface area (Å²) in [4.78, 5) is 14.0. The number of hydrogen-bond acceptors (Lipinski definition) is 3. The lowest BCUT2D eigenvalue weighted by atomic mass is 10.1. The first-order chi connectivity index (χ1) is 6.79. The molecular formula is C10H18N2O2. The summed E-state index contributed by atoms with van der Waals surface area (Å²) in [5, 5.41) is 3.24. The van der Waals surface area contributed by atoms with Crippen LogP contribution >= 0.6 is 0 Å². The predicted molar refractivity (Wildman–Crippen MR) is 53.0 cm³/mol. The third-order valence-corrected chi connectivity index (χ3v) is 3.01. The van der Waals surface area contributed by atoms with Crippen LogP contribution in [0.1, 0.15) is 19.8 Å². The summed E-state index contributed by atoms with van der Waals surface area (Å²) in [6.07, 6.45) is 2.11. The molecule has 4 nitrogen and oxygen atoms in total. The van der Waals surface area contributed by atoms with Crippen LogP contribution in [-0.2, 0) is 9.53 Å². The molecule has 1 N–H and O–H groups in total. The van der Waals surface area contributed by atoms with Gasteiger partial charge in [0.2, 0.25) is 5.91 Å². The van der Waals surface area contributed by atoms with Crippen molar-refractivity contribution in [3.05, 3.63) is 0 Å². The minimum Gasteiger partial charge on any atom is -0.377 e. The van der Waals surface area contributed by atoms with Crippen LogP contribution in [0.2, 0.25) is 0 Å². The van der Waals surface area contributed by atoms with E-state index in [4.69, 9.17) is 4.74 Å². The zero-order chi connectivity index (χ0) is 9.97. The Kier molecular flexibility index (Phi) is 3.03. The van der Waals surface area contributed by atoms with E-state index in [0.29, 0.717) is 13.2 Å². The molecule has 2 heterocycles. The second kappa shape index (κ2) is 4.28. The fraction of sp³-hybridized carbons (Fsp3) is 0.900. The Morgan fingerprint density at radius 2 is 2.43 bits per heavy atom. The molecule has 0 aliphatic carbocycles. The summed E-state index contributed by atoms with van der Waals surface area (Å²) in [5.41, 5.74) is 0. The largest absolute Gasteiger partial charge is 0.377 e. The first-order valence-electron chi connectivity index (χ1n) is 5.40. The SMILES string of the molecule is CC1COCCN1C(=O)C1CCCN1. The van der Waals surface area contributed by atoms with Crippen molar-refractivity contribution >= 4 is 5.91 Å². The van der Waals surface area contributed by atoms with Crippen LogP contribution in [0.25, 0.3) is 0 Å². The lowest BCUT2D eigenvalue weighted by molar-refractivity contribution is -0.141. The van der Waals surface area contributed by atoms with Gasteiger partial charge >= 0.3 is 0 Å². The Morgan fingerprint density at radius 1 is 1.57 bits per heavy atom. The Labute approximate surface area is 84.6 Å². The van der Waals surface area contributed by atoms with E-state index in [0.717, 1.165) is 25.9 Å². The summed E-state index contributed by atoms with van der Waals surface area (Å²) >= 11 is 0. The van der Waals surface area contributed by atoms with Crippen molar-refractivity contribution in [3.8, 4) is 0 Å². The molecule has 0 spiro atoms. The molecule has 2 fully saturated rings. The van der Waals surface area contributed by atoms with Gasteiger partial charge in [-0.05, 0) is 26.3 Å². The second-order valence-electron chi connectivity index (χ2n) is 4.10. The van der Waals surface area contributed by atoms with Gasteiger partial charge in [0.25, 0.3) is 0 Å². The van der Waals surface area contributed by atoms with E-state index in [-0.39, 0.29) is 18.0 Å². The maximum absolute atomic E-state index is 12.0. The highest BCUT2D eigenvalue weighted by atomic mass is 16.5. The fourth-order valence-electron chi connectivity index (χ4n) is 2.15. The first kappa shape index (κ1) is 9.93. The number of amides is 1. The molecule has 2 aliphatic heterocycles. The summed E-state index contributed by atoms with van der Waals surface area (Å²) in [6, 6.07) is 0.300. The van der Waals surface area contributed by atoms with Crippen LogP contribution in [0.15, 0.2) is 0 Å². The highest BCUT2D eigenvalue weighted by Gasteiger charge is 2.30. The number of nitrogens with one attached hydrogen (secondary N) is 1. The molecule has 2 rings (SSSR count). The molecular weight excluding hydrogens is 180 g/mol. The smallest absolute Gasteiger partial charge is 0.240 e. The van der Waals surface area contributed by atoms with Crippen LogP contribution in [0.3, 0.4) is 0 Å². The van der Waals surface area contributed by atoms with Crippen molar-refractivity contribution < 1.29 is 9.53 Å². The Morgan fingerprint density at radius 3 is 3.07 bits per heavy atom. The van der Waals surface area contributed by atoms with Crippen LogP contribution in [0, 0.1) is 0 Å². The zero-order valence-electron chi connectivity index (χ0n) is 8.66. The lowest BCUT2D eigenvalue weighted by Gasteiger charge is -2.35. The van der Waals surface area contributed by atoms with Crippen molar-refractivity contribution in [2.45, 2.75) is 31.8 Å². The van der Waals surface area contributed by atoms with E-state index >= 15 is 0 Å². The molecule has 0 bridgehead atoms. The van der Waals surface area contributed by atoms with Gasteiger partial charge in [-0.1, -0.05) is 0 Å². The van der Waals surface area contributed by atoms with Gasteiger partial charge < -0.3 is 15.0 Å². The molecule has 2 atom stereocenters. The van der Waals surface area contributed by atoms with Crippen molar-refractivity contribution in [1.29, 1.82) is 0 Å². The highest BCUT2D eigenvalue weighted by molar-refractivity contribution is 5.82. The quantitative estimate of drug-likeness (QED) is 0.644. The van der Waals surface area contributed by atoms with Gasteiger partial charge in [-0.25, -0.2) is 0 Å². The Balaban J connectivity index is 1.94. The van der Waals surface area contributed by atoms with E-state index in [1.807, 2.05) is 11.8 Å². The van der Waals surface area contributed by atoms with Gasteiger partial charge in [0.05, 0.1) is 25.3 Å². The number of hydrogen-bond donors (Lipinski definition) is 1. The molecule has 0 aromatic rings. The van der Waals surface area contributed by atoms with Gasteiger partial charge in [0, 0.05) is 6.54 Å². The minimum absolute atomic E-state index is 0.0653. The van der Waals surface area contributed by atoms with Crippen molar-refractivity contribution in [3.63, 3.8) is 0 Å². The minimum atomic E-state index is 0.0653. The predicted octanol–water partition coefficient (Wildman–Crippen LogP) is -0.0143. The summed E-state index contributed by atoms with van der Waals surface area (Å²) in [6.45, 7) is 5.14. The highest BCUT2D eigenvalue weighted by Crippen LogP contribution is 2.13. The van der Waals surface area contributed by atoms with E-state index in [1.54, 1.807) is 0 Å². The average Bonchev–Trinajstić information content (AvgIpc) is 2.70. The third-order valence-electron chi connectivity index (χ3n) is 3.01. The normalized spacial score (nSPS) is 33.4.